The summed E-state index contributed by atoms with van der Waals surface area (Å²) in [4.78, 5) is 2.33. The lowest BCUT2D eigenvalue weighted by Crippen LogP contribution is -2.25. The van der Waals surface area contributed by atoms with E-state index in [1.807, 2.05) is 12.1 Å². The average molecular weight is 322 g/mol. The molecule has 1 aromatic heterocycles. The first-order valence-corrected chi connectivity index (χ1v) is 8.06. The third-order valence-corrected chi connectivity index (χ3v) is 4.62. The third-order valence-electron chi connectivity index (χ3n) is 3.58. The Kier molecular flexibility index (Phi) is 4.03. The lowest BCUT2D eigenvalue weighted by Gasteiger charge is -2.25. The van der Waals surface area contributed by atoms with Crippen LogP contribution in [0.5, 0.6) is 0 Å². The molecule has 2 aromatic rings. The molecule has 110 valence electrons. The largest absolute Gasteiger partial charge is 0.409 e. The van der Waals surface area contributed by atoms with Gasteiger partial charge in [-0.1, -0.05) is 16.8 Å². The second kappa shape index (κ2) is 5.95. The predicted molar refractivity (Wildman–Crippen MR) is 87.5 cm³/mol. The zero-order valence-electron chi connectivity index (χ0n) is 11.4. The quantitative estimate of drug-likeness (QED) is 0.382. The minimum absolute atomic E-state index is 0.0688. The van der Waals surface area contributed by atoms with Crippen LogP contribution >= 0.6 is 22.9 Å². The highest BCUT2D eigenvalue weighted by atomic mass is 35.5. The van der Waals surface area contributed by atoms with E-state index < -0.39 is 0 Å². The summed E-state index contributed by atoms with van der Waals surface area (Å²) in [6.45, 7) is 0.858. The number of nitrogens with two attached hydrogens (primary N) is 1. The van der Waals surface area contributed by atoms with Crippen molar-refractivity contribution < 1.29 is 5.21 Å². The summed E-state index contributed by atoms with van der Waals surface area (Å²) in [5.41, 5.74) is 8.52. The molecule has 0 spiro atoms. The first-order chi connectivity index (χ1) is 10.2. The standard InChI is InChI=1S/C15H16ClN3OS/c16-13-7-11(15(17)18-20)1-4-14(13)19(12-2-3-12)8-10-5-6-21-9-10/h1,4-7,9,12,20H,2-3,8H2,(H2,17,18). The molecule has 1 fully saturated rings. The maximum atomic E-state index is 8.74. The minimum atomic E-state index is 0.0688. The molecule has 0 aliphatic heterocycles. The van der Waals surface area contributed by atoms with E-state index in [0.717, 1.165) is 12.2 Å². The molecule has 0 atom stereocenters. The fraction of sp³-hybridized carbons (Fsp3) is 0.267. The summed E-state index contributed by atoms with van der Waals surface area (Å²) in [7, 11) is 0. The molecule has 0 radical (unpaired) electrons. The Morgan fingerprint density at radius 3 is 2.81 bits per heavy atom. The van der Waals surface area contributed by atoms with Crippen molar-refractivity contribution in [3.05, 3.63) is 51.2 Å². The number of anilines is 1. The Balaban J connectivity index is 1.89. The van der Waals surface area contributed by atoms with E-state index in [1.165, 1.54) is 18.4 Å². The Bertz CT molecular complexity index is 653. The van der Waals surface area contributed by atoms with Crippen molar-refractivity contribution in [1.29, 1.82) is 0 Å². The van der Waals surface area contributed by atoms with Gasteiger partial charge in [-0.15, -0.1) is 0 Å². The number of halogens is 1. The van der Waals surface area contributed by atoms with Crippen molar-refractivity contribution in [2.45, 2.75) is 25.4 Å². The van der Waals surface area contributed by atoms with Gasteiger partial charge in [-0.25, -0.2) is 0 Å². The van der Waals surface area contributed by atoms with Crippen LogP contribution in [0.15, 0.2) is 40.2 Å². The van der Waals surface area contributed by atoms with Gasteiger partial charge in [-0.2, -0.15) is 11.3 Å². The normalized spacial score (nSPS) is 15.2. The summed E-state index contributed by atoms with van der Waals surface area (Å²) in [6, 6.07) is 8.21. The van der Waals surface area contributed by atoms with Crippen molar-refractivity contribution in [3.63, 3.8) is 0 Å². The number of rotatable bonds is 5. The topological polar surface area (TPSA) is 61.9 Å². The van der Waals surface area contributed by atoms with E-state index in [2.05, 4.69) is 26.9 Å². The van der Waals surface area contributed by atoms with Crippen LogP contribution in [-0.4, -0.2) is 17.1 Å². The molecule has 6 heteroatoms. The minimum Gasteiger partial charge on any atom is -0.409 e. The Labute approximate surface area is 132 Å². The molecule has 1 heterocycles. The van der Waals surface area contributed by atoms with Gasteiger partial charge in [0, 0.05) is 18.2 Å². The molecule has 0 saturated heterocycles. The van der Waals surface area contributed by atoms with E-state index >= 15 is 0 Å². The number of thiophene rings is 1. The molecule has 4 nitrogen and oxygen atoms in total. The van der Waals surface area contributed by atoms with Gasteiger partial charge in [0.2, 0.25) is 0 Å². The van der Waals surface area contributed by atoms with Crippen LogP contribution in [0, 0.1) is 0 Å². The third kappa shape index (κ3) is 3.14. The van der Waals surface area contributed by atoms with E-state index in [4.69, 9.17) is 22.5 Å². The van der Waals surface area contributed by atoms with E-state index in [-0.39, 0.29) is 5.84 Å². The second-order valence-electron chi connectivity index (χ2n) is 5.14. The fourth-order valence-corrected chi connectivity index (χ4v) is 3.28. The van der Waals surface area contributed by atoms with E-state index in [0.29, 0.717) is 16.6 Å². The summed E-state index contributed by atoms with van der Waals surface area (Å²) in [5, 5.41) is 16.6. The molecule has 21 heavy (non-hydrogen) atoms. The SMILES string of the molecule is NC(=NO)c1ccc(N(Cc2ccsc2)C2CC2)c(Cl)c1. The van der Waals surface area contributed by atoms with Crippen molar-refractivity contribution in [2.24, 2.45) is 10.9 Å². The molecule has 1 aliphatic rings. The number of hydrogen-bond acceptors (Lipinski definition) is 4. The summed E-state index contributed by atoms with van der Waals surface area (Å²) >= 11 is 8.11. The first kappa shape index (κ1) is 14.2. The van der Waals surface area contributed by atoms with Crippen LogP contribution in [0.25, 0.3) is 0 Å². The highest BCUT2D eigenvalue weighted by molar-refractivity contribution is 7.07. The Hall–Kier alpha value is -1.72. The molecule has 1 aliphatic carbocycles. The van der Waals surface area contributed by atoms with Crippen molar-refractivity contribution >= 4 is 34.5 Å². The smallest absolute Gasteiger partial charge is 0.170 e. The molecular formula is C15H16ClN3OS. The van der Waals surface area contributed by atoms with Crippen LogP contribution < -0.4 is 10.6 Å². The fourth-order valence-electron chi connectivity index (χ4n) is 2.33. The van der Waals surface area contributed by atoms with Gasteiger partial charge in [0.15, 0.2) is 5.84 Å². The highest BCUT2D eigenvalue weighted by Gasteiger charge is 2.30. The molecule has 1 saturated carbocycles. The highest BCUT2D eigenvalue weighted by Crippen LogP contribution is 2.37. The maximum Gasteiger partial charge on any atom is 0.170 e. The average Bonchev–Trinajstić information content (AvgIpc) is 3.21. The Morgan fingerprint density at radius 1 is 1.43 bits per heavy atom. The molecule has 0 bridgehead atoms. The number of benzene rings is 1. The molecule has 1 aromatic carbocycles. The van der Waals surface area contributed by atoms with Gasteiger partial charge in [-0.3, -0.25) is 0 Å². The van der Waals surface area contributed by atoms with Gasteiger partial charge in [0.05, 0.1) is 10.7 Å². The van der Waals surface area contributed by atoms with Crippen LogP contribution in [-0.2, 0) is 6.54 Å². The van der Waals surface area contributed by atoms with Crippen LogP contribution in [0.4, 0.5) is 5.69 Å². The van der Waals surface area contributed by atoms with Crippen LogP contribution in [0.2, 0.25) is 5.02 Å². The monoisotopic (exact) mass is 321 g/mol. The Morgan fingerprint density at radius 2 is 2.24 bits per heavy atom. The molecule has 0 unspecified atom stereocenters. The van der Waals surface area contributed by atoms with Gasteiger partial charge in [0.1, 0.15) is 0 Å². The van der Waals surface area contributed by atoms with Gasteiger partial charge in [0.25, 0.3) is 0 Å². The van der Waals surface area contributed by atoms with Gasteiger partial charge >= 0.3 is 0 Å². The lowest BCUT2D eigenvalue weighted by molar-refractivity contribution is 0.318. The zero-order chi connectivity index (χ0) is 14.8. The van der Waals surface area contributed by atoms with E-state index in [1.54, 1.807) is 17.4 Å². The predicted octanol–water partition coefficient (Wildman–Crippen LogP) is 3.67. The number of hydrogen-bond donors (Lipinski definition) is 2. The summed E-state index contributed by atoms with van der Waals surface area (Å²) < 4.78 is 0. The molecule has 3 N–H and O–H groups in total. The van der Waals surface area contributed by atoms with Crippen LogP contribution in [0.1, 0.15) is 24.0 Å². The lowest BCUT2D eigenvalue weighted by atomic mass is 10.1. The first-order valence-electron chi connectivity index (χ1n) is 6.74. The van der Waals surface area contributed by atoms with Crippen molar-refractivity contribution in [2.75, 3.05) is 4.90 Å². The molecule has 3 rings (SSSR count). The van der Waals surface area contributed by atoms with Crippen molar-refractivity contribution in [3.8, 4) is 0 Å². The number of oxime groups is 1. The van der Waals surface area contributed by atoms with E-state index in [9.17, 15) is 0 Å². The second-order valence-corrected chi connectivity index (χ2v) is 6.33. The zero-order valence-corrected chi connectivity index (χ0v) is 12.9. The van der Waals surface area contributed by atoms with Crippen molar-refractivity contribution in [1.82, 2.24) is 0 Å². The number of amidine groups is 1. The molecule has 0 amide bonds. The summed E-state index contributed by atoms with van der Waals surface area (Å²) in [6.07, 6.45) is 2.39. The van der Waals surface area contributed by atoms with Gasteiger partial charge < -0.3 is 15.8 Å². The maximum absolute atomic E-state index is 8.74. The molecular weight excluding hydrogens is 306 g/mol. The summed E-state index contributed by atoms with van der Waals surface area (Å²) in [5.74, 6) is 0.0688. The number of nitrogens with zero attached hydrogens (tertiary/aromatic N) is 2. The van der Waals surface area contributed by atoms with Gasteiger partial charge in [-0.05, 0) is 53.4 Å². The van der Waals surface area contributed by atoms with Crippen LogP contribution in [0.3, 0.4) is 0 Å².